The predicted octanol–water partition coefficient (Wildman–Crippen LogP) is 5.33. The molecule has 0 radical (unpaired) electrons. The molecule has 0 aromatic heterocycles. The fourth-order valence-electron chi connectivity index (χ4n) is 10.4. The molecule has 3 heterocycles. The highest BCUT2D eigenvalue weighted by atomic mass is 19.4. The number of esters is 1. The van der Waals surface area contributed by atoms with Crippen molar-refractivity contribution in [3.63, 3.8) is 0 Å². The molecule has 3 aliphatic heterocycles. The zero-order valence-corrected chi connectivity index (χ0v) is 41.9. The number of urea groups is 1. The van der Waals surface area contributed by atoms with Gasteiger partial charge in [0, 0.05) is 51.8 Å². The van der Waals surface area contributed by atoms with Gasteiger partial charge in [0.15, 0.2) is 12.6 Å². The number of aliphatic hydroxyl groups is 5. The number of alkyl halides is 3. The first-order valence-corrected chi connectivity index (χ1v) is 23.7. The smallest absolute Gasteiger partial charge is 0.416 e. The van der Waals surface area contributed by atoms with Crippen LogP contribution in [0.1, 0.15) is 114 Å². The number of hydrogen-bond donors (Lipinski definition) is 5. The average Bonchev–Trinajstić information content (AvgIpc) is 3.26. The molecule has 3 fully saturated rings. The number of hydrogen-bond acceptors (Lipinski definition) is 14. The molecule has 67 heavy (non-hydrogen) atoms. The summed E-state index contributed by atoms with van der Waals surface area (Å²) in [6, 6.07) is 1.95. The highest BCUT2D eigenvalue weighted by Gasteiger charge is 2.53. The van der Waals surface area contributed by atoms with Crippen LogP contribution in [0.15, 0.2) is 24.3 Å². The van der Waals surface area contributed by atoms with Crippen LogP contribution in [0.5, 0.6) is 0 Å². The summed E-state index contributed by atoms with van der Waals surface area (Å²) < 4.78 is 77.8. The summed E-state index contributed by atoms with van der Waals surface area (Å²) >= 11 is 0. The first kappa shape index (κ1) is 56.9. The molecule has 3 aliphatic rings. The summed E-state index contributed by atoms with van der Waals surface area (Å²) in [6.45, 7) is 19.8. The maximum atomic E-state index is 14.5. The fourth-order valence-corrected chi connectivity index (χ4v) is 10.4. The van der Waals surface area contributed by atoms with E-state index in [0.29, 0.717) is 19.5 Å². The quantitative estimate of drug-likeness (QED) is 0.189. The van der Waals surface area contributed by atoms with Crippen LogP contribution < -0.4 is 4.90 Å². The molecule has 16 nitrogen and oxygen atoms in total. The third-order valence-corrected chi connectivity index (χ3v) is 14.6. The lowest BCUT2D eigenvalue weighted by molar-refractivity contribution is -0.317. The summed E-state index contributed by atoms with van der Waals surface area (Å²) in [6.07, 6.45) is -14.9. The Labute approximate surface area is 394 Å². The molecule has 1 aromatic carbocycles. The van der Waals surface area contributed by atoms with Crippen molar-refractivity contribution in [2.75, 3.05) is 39.2 Å². The Bertz CT molecular complexity index is 1760. The number of cyclic esters (lactones) is 1. The van der Waals surface area contributed by atoms with Crippen molar-refractivity contribution < 1.29 is 76.7 Å². The van der Waals surface area contributed by atoms with E-state index in [1.165, 1.54) is 50.1 Å². The van der Waals surface area contributed by atoms with Crippen LogP contribution >= 0.6 is 0 Å². The van der Waals surface area contributed by atoms with Gasteiger partial charge in [-0.25, -0.2) is 4.79 Å². The Balaban J connectivity index is 1.80. The van der Waals surface area contributed by atoms with Crippen LogP contribution in [-0.4, -0.2) is 172 Å². The lowest BCUT2D eigenvalue weighted by Gasteiger charge is -2.49. The van der Waals surface area contributed by atoms with Crippen LogP contribution in [0.2, 0.25) is 0 Å². The third-order valence-electron chi connectivity index (χ3n) is 14.6. The van der Waals surface area contributed by atoms with Crippen LogP contribution in [-0.2, 0) is 39.4 Å². The molecule has 2 amide bonds. The lowest BCUT2D eigenvalue weighted by Crippen LogP contribution is -2.61. The van der Waals surface area contributed by atoms with E-state index in [1.807, 2.05) is 18.7 Å². The minimum Gasteiger partial charge on any atom is -0.459 e. The van der Waals surface area contributed by atoms with E-state index in [1.54, 1.807) is 55.4 Å². The van der Waals surface area contributed by atoms with Gasteiger partial charge in [0.25, 0.3) is 0 Å². The highest BCUT2D eigenvalue weighted by Crippen LogP contribution is 2.41. The molecule has 19 heteroatoms. The van der Waals surface area contributed by atoms with E-state index in [9.17, 15) is 48.3 Å². The van der Waals surface area contributed by atoms with Gasteiger partial charge in [-0.2, -0.15) is 13.2 Å². The SMILES string of the molecule is CCCN1C[C@H](C)CC(C)(O)[C@H](O[C@@H]2O[C@H](C)C[C@H](N(C)C(=O)N(C)c3ccc(C(F)(F)F)cc3)[C@H]2O)[C@@H](C)[C@H](O[C@H]2C[C@@](C)(OC)[C@@H](O)[C@H](C)O2)[C@@H](C)C(=O)O[C@H](CC)[C@@](C)(O)[C@H](O)[C@H]1C. The molecule has 0 bridgehead atoms. The van der Waals surface area contributed by atoms with E-state index >= 15 is 0 Å². The molecule has 1 aromatic rings. The van der Waals surface area contributed by atoms with Crippen LogP contribution in [0.25, 0.3) is 0 Å². The van der Waals surface area contributed by atoms with Crippen molar-refractivity contribution in [2.24, 2.45) is 17.8 Å². The van der Waals surface area contributed by atoms with E-state index in [4.69, 9.17) is 28.4 Å². The van der Waals surface area contributed by atoms with Gasteiger partial charge in [0.05, 0.1) is 53.1 Å². The first-order valence-electron chi connectivity index (χ1n) is 23.7. The van der Waals surface area contributed by atoms with Gasteiger partial charge in [-0.1, -0.05) is 27.7 Å². The van der Waals surface area contributed by atoms with Crippen molar-refractivity contribution in [3.05, 3.63) is 29.8 Å². The number of likely N-dealkylation sites (N-methyl/N-ethyl adjacent to an activating group) is 1. The Morgan fingerprint density at radius 1 is 0.925 bits per heavy atom. The minimum absolute atomic E-state index is 0.0352. The Hall–Kier alpha value is -2.69. The molecule has 0 saturated carbocycles. The maximum Gasteiger partial charge on any atom is 0.416 e. The lowest BCUT2D eigenvalue weighted by atomic mass is 9.77. The van der Waals surface area contributed by atoms with Gasteiger partial charge in [-0.15, -0.1) is 0 Å². The van der Waals surface area contributed by atoms with E-state index in [-0.39, 0.29) is 37.3 Å². The number of aliphatic hydroxyl groups excluding tert-OH is 3. The third kappa shape index (κ3) is 13.0. The Morgan fingerprint density at radius 2 is 1.54 bits per heavy atom. The second kappa shape index (κ2) is 22.6. The highest BCUT2D eigenvalue weighted by molar-refractivity contribution is 5.91. The number of benzene rings is 1. The van der Waals surface area contributed by atoms with E-state index in [0.717, 1.165) is 12.1 Å². The van der Waals surface area contributed by atoms with E-state index < -0.39 is 126 Å². The van der Waals surface area contributed by atoms with Crippen molar-refractivity contribution in [3.8, 4) is 0 Å². The molecule has 3 saturated heterocycles. The number of carbonyl (C=O) groups is 2. The van der Waals surface area contributed by atoms with Gasteiger partial charge in [0.2, 0.25) is 0 Å². The summed E-state index contributed by atoms with van der Waals surface area (Å²) in [5.41, 5.74) is -5.46. The molecule has 5 N–H and O–H groups in total. The number of methoxy groups -OCH3 is 1. The molecule has 0 spiro atoms. The Morgan fingerprint density at radius 3 is 2.09 bits per heavy atom. The first-order chi connectivity index (χ1) is 30.9. The number of halogens is 3. The second-order valence-electron chi connectivity index (χ2n) is 20.3. The van der Waals surface area contributed by atoms with Crippen molar-refractivity contribution in [1.82, 2.24) is 9.80 Å². The number of anilines is 1. The van der Waals surface area contributed by atoms with Gasteiger partial charge < -0.3 is 58.9 Å². The number of amides is 2. The molecule has 1 unspecified atom stereocenters. The van der Waals surface area contributed by atoms with Gasteiger partial charge in [0.1, 0.15) is 30.0 Å². The van der Waals surface area contributed by atoms with Gasteiger partial charge in [-0.3, -0.25) is 14.6 Å². The second-order valence-corrected chi connectivity index (χ2v) is 20.3. The van der Waals surface area contributed by atoms with Crippen molar-refractivity contribution in [1.29, 1.82) is 0 Å². The zero-order valence-electron chi connectivity index (χ0n) is 41.9. The monoisotopic (exact) mass is 964 g/mol. The summed E-state index contributed by atoms with van der Waals surface area (Å²) in [5, 5.41) is 59.8. The molecule has 4 rings (SSSR count). The Kier molecular flexibility index (Phi) is 19.2. The van der Waals surface area contributed by atoms with Crippen LogP contribution in [0, 0.1) is 17.8 Å². The standard InChI is InChI=1S/C48H80F3N3O13/c1-15-21-54-25-26(3)23-45(9,60)41(67-43-37(55)34(22-27(4)63-43)53(13)44(59)52(12)33-19-17-32(18-20-33)48(49,50)51)28(5)38(66-36-24-46(10,62-14)40(57)31(8)64-36)29(6)42(58)65-35(16-2)47(11,61)39(56)30(54)7/h17-20,26-31,34-41,43,55-57,60-61H,15-16,21-25H2,1-14H3/t26-,27-,28+,29-,30-,31+,34+,35-,36+,37-,38+,39-,40+,41-,43+,45?,46-,47-/m1/s1. The molecular weight excluding hydrogens is 884 g/mol. The number of ether oxygens (including phenoxy) is 6. The number of carbonyl (C=O) groups excluding carboxylic acids is 2. The summed E-state index contributed by atoms with van der Waals surface area (Å²) in [7, 11) is 4.33. The average molecular weight is 964 g/mol. The largest absolute Gasteiger partial charge is 0.459 e. The number of nitrogens with zero attached hydrogens (tertiary/aromatic N) is 3. The molecule has 386 valence electrons. The zero-order chi connectivity index (χ0) is 50.7. The van der Waals surface area contributed by atoms with Crippen molar-refractivity contribution >= 4 is 17.7 Å². The number of rotatable bonds is 10. The molecular formula is C48H80F3N3O13. The van der Waals surface area contributed by atoms with Crippen LogP contribution in [0.3, 0.4) is 0 Å². The predicted molar refractivity (Wildman–Crippen MR) is 243 cm³/mol. The topological polar surface area (TPSA) is 200 Å². The minimum atomic E-state index is -4.57. The van der Waals surface area contributed by atoms with Crippen LogP contribution in [0.4, 0.5) is 23.7 Å². The normalized spacial score (nSPS) is 41.2. The summed E-state index contributed by atoms with van der Waals surface area (Å²) in [5.74, 6) is -3.15. The van der Waals surface area contributed by atoms with Crippen molar-refractivity contribution in [2.45, 2.75) is 205 Å². The molecule has 0 aliphatic carbocycles. The summed E-state index contributed by atoms with van der Waals surface area (Å²) in [4.78, 5) is 32.9. The van der Waals surface area contributed by atoms with Gasteiger partial charge in [-0.05, 0) is 111 Å². The van der Waals surface area contributed by atoms with Gasteiger partial charge >= 0.3 is 18.2 Å². The maximum absolute atomic E-state index is 14.5. The van der Waals surface area contributed by atoms with E-state index in [2.05, 4.69) is 0 Å². The molecule has 18 atom stereocenters. The fraction of sp³-hybridized carbons (Fsp3) is 0.833.